The van der Waals surface area contributed by atoms with E-state index in [1.807, 2.05) is 38.1 Å². The molecule has 1 N–H and O–H groups in total. The van der Waals surface area contributed by atoms with Gasteiger partial charge >= 0.3 is 0 Å². The molecule has 0 aliphatic heterocycles. The second kappa shape index (κ2) is 7.40. The van der Waals surface area contributed by atoms with E-state index >= 15 is 0 Å². The summed E-state index contributed by atoms with van der Waals surface area (Å²) in [6, 6.07) is 13.0. The zero-order valence-electron chi connectivity index (χ0n) is 13.0. The molecule has 120 valence electrons. The fourth-order valence-electron chi connectivity index (χ4n) is 2.04. The summed E-state index contributed by atoms with van der Waals surface area (Å²) in [5.41, 5.74) is 1.16. The molecule has 1 amide bonds. The zero-order chi connectivity index (χ0) is 16.8. The van der Waals surface area contributed by atoms with E-state index in [1.165, 1.54) is 24.3 Å². The Kier molecular flexibility index (Phi) is 5.30. The summed E-state index contributed by atoms with van der Waals surface area (Å²) in [6.45, 7) is 4.07. The van der Waals surface area contributed by atoms with Gasteiger partial charge in [-0.1, -0.05) is 24.3 Å². The maximum Gasteiger partial charge on any atom is 0.270 e. The third-order valence-electron chi connectivity index (χ3n) is 3.28. The minimum atomic E-state index is -0.526. The van der Waals surface area contributed by atoms with Gasteiger partial charge in [0, 0.05) is 17.7 Å². The van der Waals surface area contributed by atoms with Crippen molar-refractivity contribution >= 4 is 11.6 Å². The van der Waals surface area contributed by atoms with Crippen LogP contribution in [-0.2, 0) is 0 Å². The molecular formula is C17H18N2O4. The molecule has 0 saturated carbocycles. The molecule has 2 rings (SSSR count). The van der Waals surface area contributed by atoms with E-state index in [0.717, 1.165) is 11.3 Å². The molecule has 6 nitrogen and oxygen atoms in total. The Bertz CT molecular complexity index is 715. The topological polar surface area (TPSA) is 81.5 Å². The number of carbonyl (C=O) groups is 1. The lowest BCUT2D eigenvalue weighted by atomic mass is 10.2. The van der Waals surface area contributed by atoms with Gasteiger partial charge in [0.15, 0.2) is 0 Å². The van der Waals surface area contributed by atoms with Crippen LogP contribution in [0.4, 0.5) is 5.69 Å². The van der Waals surface area contributed by atoms with Gasteiger partial charge < -0.3 is 10.1 Å². The molecule has 0 aliphatic rings. The Morgan fingerprint density at radius 2 is 2.00 bits per heavy atom. The molecule has 23 heavy (non-hydrogen) atoms. The Morgan fingerprint density at radius 1 is 1.26 bits per heavy atom. The van der Waals surface area contributed by atoms with Crippen LogP contribution in [0.2, 0.25) is 0 Å². The van der Waals surface area contributed by atoms with Gasteiger partial charge in [0.25, 0.3) is 11.6 Å². The molecule has 0 spiro atoms. The summed E-state index contributed by atoms with van der Waals surface area (Å²) in [5, 5.41) is 13.5. The van der Waals surface area contributed by atoms with Crippen LogP contribution >= 0.6 is 0 Å². The molecule has 0 heterocycles. The molecule has 1 unspecified atom stereocenters. The lowest BCUT2D eigenvalue weighted by Gasteiger charge is -2.16. The number of nitrogens with zero attached hydrogens (tertiary/aromatic N) is 1. The van der Waals surface area contributed by atoms with Crippen molar-refractivity contribution < 1.29 is 14.5 Å². The van der Waals surface area contributed by atoms with Crippen molar-refractivity contribution in [2.45, 2.75) is 19.9 Å². The molecular weight excluding hydrogens is 296 g/mol. The average molecular weight is 314 g/mol. The lowest BCUT2D eigenvalue weighted by molar-refractivity contribution is -0.384. The fourth-order valence-corrected chi connectivity index (χ4v) is 2.04. The first kappa shape index (κ1) is 16.5. The summed E-state index contributed by atoms with van der Waals surface area (Å²) < 4.78 is 5.67. The van der Waals surface area contributed by atoms with Crippen molar-refractivity contribution in [1.82, 2.24) is 5.32 Å². The summed E-state index contributed by atoms with van der Waals surface area (Å²) >= 11 is 0. The van der Waals surface area contributed by atoms with Crippen molar-refractivity contribution in [1.29, 1.82) is 0 Å². The van der Waals surface area contributed by atoms with Crippen molar-refractivity contribution in [2.24, 2.45) is 0 Å². The SMILES string of the molecule is Cc1ccccc1OCC(C)NC(=O)c1cccc([N+](=O)[O-])c1. The number of amides is 1. The fraction of sp³-hybridized carbons (Fsp3) is 0.235. The van der Waals surface area contributed by atoms with Crippen LogP contribution in [0, 0.1) is 17.0 Å². The average Bonchev–Trinajstić information content (AvgIpc) is 2.54. The van der Waals surface area contributed by atoms with Crippen LogP contribution in [0.1, 0.15) is 22.8 Å². The summed E-state index contributed by atoms with van der Waals surface area (Å²) in [7, 11) is 0. The molecule has 2 aromatic rings. The van der Waals surface area contributed by atoms with E-state index < -0.39 is 4.92 Å². The van der Waals surface area contributed by atoms with Gasteiger partial charge in [-0.25, -0.2) is 0 Å². The van der Waals surface area contributed by atoms with Gasteiger partial charge in [-0.15, -0.1) is 0 Å². The summed E-state index contributed by atoms with van der Waals surface area (Å²) in [4.78, 5) is 22.3. The Hall–Kier alpha value is -2.89. The monoisotopic (exact) mass is 314 g/mol. The summed E-state index contributed by atoms with van der Waals surface area (Å²) in [6.07, 6.45) is 0. The largest absolute Gasteiger partial charge is 0.491 e. The normalized spacial score (nSPS) is 11.6. The van der Waals surface area contributed by atoms with E-state index in [0.29, 0.717) is 6.61 Å². The van der Waals surface area contributed by atoms with Crippen LogP contribution in [0.15, 0.2) is 48.5 Å². The van der Waals surface area contributed by atoms with Crippen LogP contribution in [-0.4, -0.2) is 23.5 Å². The molecule has 1 atom stereocenters. The van der Waals surface area contributed by atoms with Crippen LogP contribution in [0.25, 0.3) is 0 Å². The Balaban J connectivity index is 1.93. The predicted molar refractivity (Wildman–Crippen MR) is 86.7 cm³/mol. The number of rotatable bonds is 6. The second-order valence-electron chi connectivity index (χ2n) is 5.26. The molecule has 0 aliphatic carbocycles. The van der Waals surface area contributed by atoms with E-state index in [9.17, 15) is 14.9 Å². The second-order valence-corrected chi connectivity index (χ2v) is 5.26. The quantitative estimate of drug-likeness (QED) is 0.656. The molecule has 0 aromatic heterocycles. The Labute approximate surface area is 134 Å². The number of ether oxygens (including phenoxy) is 1. The first-order valence-corrected chi connectivity index (χ1v) is 7.21. The molecule has 6 heteroatoms. The van der Waals surface area contributed by atoms with Crippen LogP contribution < -0.4 is 10.1 Å². The van der Waals surface area contributed by atoms with Gasteiger partial charge in [-0.05, 0) is 31.5 Å². The maximum atomic E-state index is 12.1. The number of non-ortho nitro benzene ring substituents is 1. The minimum Gasteiger partial charge on any atom is -0.491 e. The van der Waals surface area contributed by atoms with E-state index in [4.69, 9.17) is 4.74 Å². The highest BCUT2D eigenvalue weighted by molar-refractivity contribution is 5.94. The highest BCUT2D eigenvalue weighted by Crippen LogP contribution is 2.16. The first-order chi connectivity index (χ1) is 11.0. The van der Waals surface area contributed by atoms with Crippen LogP contribution in [0.3, 0.4) is 0 Å². The number of hydrogen-bond acceptors (Lipinski definition) is 4. The van der Waals surface area contributed by atoms with Gasteiger partial charge in [0.05, 0.1) is 11.0 Å². The van der Waals surface area contributed by atoms with Gasteiger partial charge in [-0.3, -0.25) is 14.9 Å². The number of nitrogens with one attached hydrogen (secondary N) is 1. The molecule has 0 bridgehead atoms. The number of hydrogen-bond donors (Lipinski definition) is 1. The Morgan fingerprint density at radius 3 is 2.70 bits per heavy atom. The van der Waals surface area contributed by atoms with Crippen LogP contribution in [0.5, 0.6) is 5.75 Å². The zero-order valence-corrected chi connectivity index (χ0v) is 13.0. The van der Waals surface area contributed by atoms with Crippen molar-refractivity contribution in [3.8, 4) is 5.75 Å². The highest BCUT2D eigenvalue weighted by Gasteiger charge is 2.14. The smallest absolute Gasteiger partial charge is 0.270 e. The molecule has 2 aromatic carbocycles. The van der Waals surface area contributed by atoms with Gasteiger partial charge in [0.2, 0.25) is 0 Å². The lowest BCUT2D eigenvalue weighted by Crippen LogP contribution is -2.36. The maximum absolute atomic E-state index is 12.1. The number of carbonyl (C=O) groups excluding carboxylic acids is 1. The number of aryl methyl sites for hydroxylation is 1. The standard InChI is InChI=1S/C17H18N2O4/c1-12-6-3-4-9-16(12)23-11-13(2)18-17(20)14-7-5-8-15(10-14)19(21)22/h3-10,13H,11H2,1-2H3,(H,18,20). The third-order valence-corrected chi connectivity index (χ3v) is 3.28. The molecule has 0 saturated heterocycles. The number of para-hydroxylation sites is 1. The van der Waals surface area contributed by atoms with E-state index in [2.05, 4.69) is 5.32 Å². The van der Waals surface area contributed by atoms with Crippen molar-refractivity contribution in [2.75, 3.05) is 6.61 Å². The molecule has 0 radical (unpaired) electrons. The minimum absolute atomic E-state index is 0.110. The predicted octanol–water partition coefficient (Wildman–Crippen LogP) is 3.10. The number of nitro benzene ring substituents is 1. The number of benzene rings is 2. The van der Waals surface area contributed by atoms with E-state index in [1.54, 1.807) is 0 Å². The third kappa shape index (κ3) is 4.54. The molecule has 0 fully saturated rings. The summed E-state index contributed by atoms with van der Waals surface area (Å²) in [5.74, 6) is 0.401. The van der Waals surface area contributed by atoms with Crippen molar-refractivity contribution in [3.05, 3.63) is 69.8 Å². The number of nitro groups is 1. The van der Waals surface area contributed by atoms with Crippen molar-refractivity contribution in [3.63, 3.8) is 0 Å². The van der Waals surface area contributed by atoms with Gasteiger partial charge in [-0.2, -0.15) is 0 Å². The van der Waals surface area contributed by atoms with Gasteiger partial charge in [0.1, 0.15) is 12.4 Å². The highest BCUT2D eigenvalue weighted by atomic mass is 16.6. The first-order valence-electron chi connectivity index (χ1n) is 7.21. The van der Waals surface area contributed by atoms with E-state index in [-0.39, 0.29) is 23.2 Å².